The second-order valence-electron chi connectivity index (χ2n) is 2.45. The Bertz CT molecular complexity index is 129. The Kier molecular flexibility index (Phi) is 4.73. The monoisotopic (exact) mass is 271 g/mol. The van der Waals surface area contributed by atoms with Gasteiger partial charge < -0.3 is 4.90 Å². The van der Waals surface area contributed by atoms with Gasteiger partial charge in [-0.1, -0.05) is 15.9 Å². The Labute approximate surface area is 79.9 Å². The van der Waals surface area contributed by atoms with Crippen LogP contribution in [0.1, 0.15) is 6.42 Å². The largest absolute Gasteiger partial charge is 0.304 e. The van der Waals surface area contributed by atoms with Crippen LogP contribution in [0.4, 0.5) is 0 Å². The van der Waals surface area contributed by atoms with Crippen molar-refractivity contribution in [2.75, 3.05) is 20.1 Å². The van der Waals surface area contributed by atoms with Crippen LogP contribution in [0.25, 0.3) is 0 Å². The van der Waals surface area contributed by atoms with Gasteiger partial charge in [0, 0.05) is 19.5 Å². The minimum atomic E-state index is 0. The molecule has 0 aromatic heterocycles. The summed E-state index contributed by atoms with van der Waals surface area (Å²) in [7, 11) is 2.03. The molecule has 0 N–H and O–H groups in total. The molecule has 2 nitrogen and oxygen atoms in total. The lowest BCUT2D eigenvalue weighted by Crippen LogP contribution is -2.38. The first-order valence-electron chi connectivity index (χ1n) is 3.05. The van der Waals surface area contributed by atoms with Crippen molar-refractivity contribution in [2.45, 2.75) is 11.2 Å². The number of piperidine rings is 1. The predicted molar refractivity (Wildman–Crippen MR) is 50.2 cm³/mol. The molecule has 0 saturated carbocycles. The topological polar surface area (TPSA) is 20.3 Å². The number of nitrogens with zero attached hydrogens (tertiary/aromatic N) is 1. The number of likely N-dealkylation sites (tertiary alicyclic amines) is 1. The number of hydrogen-bond acceptors (Lipinski definition) is 2. The van der Waals surface area contributed by atoms with Crippen LogP contribution >= 0.6 is 32.9 Å². The van der Waals surface area contributed by atoms with Crippen LogP contribution < -0.4 is 0 Å². The highest BCUT2D eigenvalue weighted by Crippen LogP contribution is 2.11. The Morgan fingerprint density at radius 3 is 2.70 bits per heavy atom. The SMILES string of the molecule is Br.CN1CCC(=O)[C@H](Br)C1. The lowest BCUT2D eigenvalue weighted by molar-refractivity contribution is -0.120. The fraction of sp³-hybridized carbons (Fsp3) is 0.833. The molecule has 4 heteroatoms. The average molecular weight is 273 g/mol. The number of rotatable bonds is 0. The maximum Gasteiger partial charge on any atom is 0.149 e. The first-order chi connectivity index (χ1) is 4.20. The van der Waals surface area contributed by atoms with E-state index in [1.807, 2.05) is 7.05 Å². The molecule has 0 radical (unpaired) electrons. The molecule has 0 aromatic rings. The van der Waals surface area contributed by atoms with Crippen molar-refractivity contribution in [3.63, 3.8) is 0 Å². The van der Waals surface area contributed by atoms with Crippen molar-refractivity contribution in [2.24, 2.45) is 0 Å². The van der Waals surface area contributed by atoms with E-state index < -0.39 is 0 Å². The zero-order valence-electron chi connectivity index (χ0n) is 5.84. The minimum Gasteiger partial charge on any atom is -0.304 e. The van der Waals surface area contributed by atoms with Crippen LogP contribution in [0.3, 0.4) is 0 Å². The van der Waals surface area contributed by atoms with Crippen molar-refractivity contribution in [3.8, 4) is 0 Å². The van der Waals surface area contributed by atoms with Gasteiger partial charge in [-0.2, -0.15) is 0 Å². The van der Waals surface area contributed by atoms with E-state index in [9.17, 15) is 4.79 Å². The van der Waals surface area contributed by atoms with E-state index in [0.717, 1.165) is 13.1 Å². The molecule has 0 unspecified atom stereocenters. The molecule has 1 saturated heterocycles. The molecule has 0 amide bonds. The van der Waals surface area contributed by atoms with Crippen molar-refractivity contribution < 1.29 is 4.79 Å². The molecule has 1 fully saturated rings. The van der Waals surface area contributed by atoms with E-state index in [4.69, 9.17) is 0 Å². The number of carbonyl (C=O) groups is 1. The molecule has 0 bridgehead atoms. The van der Waals surface area contributed by atoms with Crippen LogP contribution in [0, 0.1) is 0 Å². The number of alkyl halides is 1. The Morgan fingerprint density at radius 2 is 2.30 bits per heavy atom. The summed E-state index contributed by atoms with van der Waals surface area (Å²) < 4.78 is 0. The van der Waals surface area contributed by atoms with E-state index in [2.05, 4.69) is 20.8 Å². The van der Waals surface area contributed by atoms with E-state index in [1.54, 1.807) is 0 Å². The quantitative estimate of drug-likeness (QED) is 0.619. The highest BCUT2D eigenvalue weighted by atomic mass is 79.9. The van der Waals surface area contributed by atoms with Gasteiger partial charge in [-0.3, -0.25) is 4.79 Å². The van der Waals surface area contributed by atoms with Gasteiger partial charge >= 0.3 is 0 Å². The molecule has 1 aliphatic rings. The van der Waals surface area contributed by atoms with E-state index in [0.29, 0.717) is 12.2 Å². The molecule has 0 aromatic carbocycles. The van der Waals surface area contributed by atoms with Gasteiger partial charge in [0.2, 0.25) is 0 Å². The molecule has 1 atom stereocenters. The molecule has 1 heterocycles. The Hall–Kier alpha value is 0.590. The zero-order valence-corrected chi connectivity index (χ0v) is 9.14. The van der Waals surface area contributed by atoms with Crippen molar-refractivity contribution in [3.05, 3.63) is 0 Å². The standard InChI is InChI=1S/C6H10BrNO.BrH/c1-8-3-2-6(9)5(7)4-8;/h5H,2-4H2,1H3;1H/t5-;/m1./s1. The fourth-order valence-corrected chi connectivity index (χ4v) is 1.65. The molecule has 0 spiro atoms. The van der Waals surface area contributed by atoms with Crippen LogP contribution in [-0.2, 0) is 4.79 Å². The normalized spacial score (nSPS) is 27.8. The third-order valence-corrected chi connectivity index (χ3v) is 2.36. The van der Waals surface area contributed by atoms with Crippen molar-refractivity contribution in [1.82, 2.24) is 4.90 Å². The third kappa shape index (κ3) is 2.68. The number of halogens is 2. The zero-order chi connectivity index (χ0) is 6.85. The van der Waals surface area contributed by atoms with Crippen molar-refractivity contribution >= 4 is 38.7 Å². The van der Waals surface area contributed by atoms with Gasteiger partial charge in [0.1, 0.15) is 5.78 Å². The maximum absolute atomic E-state index is 10.9. The summed E-state index contributed by atoms with van der Waals surface area (Å²) in [5.41, 5.74) is 0. The summed E-state index contributed by atoms with van der Waals surface area (Å²) in [5.74, 6) is 0.341. The average Bonchev–Trinajstić information content (AvgIpc) is 1.80. The van der Waals surface area contributed by atoms with Gasteiger partial charge in [0.15, 0.2) is 0 Å². The van der Waals surface area contributed by atoms with E-state index in [1.165, 1.54) is 0 Å². The second kappa shape index (κ2) is 4.46. The molecule has 60 valence electrons. The van der Waals surface area contributed by atoms with E-state index >= 15 is 0 Å². The van der Waals surface area contributed by atoms with Gasteiger partial charge in [-0.25, -0.2) is 0 Å². The third-order valence-electron chi connectivity index (χ3n) is 1.56. The summed E-state index contributed by atoms with van der Waals surface area (Å²) in [4.78, 5) is 13.1. The maximum atomic E-state index is 10.9. The van der Waals surface area contributed by atoms with Crippen molar-refractivity contribution in [1.29, 1.82) is 0 Å². The summed E-state index contributed by atoms with van der Waals surface area (Å²) in [6, 6.07) is 0. The summed E-state index contributed by atoms with van der Waals surface area (Å²) >= 11 is 3.30. The van der Waals surface area contributed by atoms with E-state index in [-0.39, 0.29) is 21.8 Å². The predicted octanol–water partition coefficient (Wildman–Crippen LogP) is 1.23. The molecule has 1 aliphatic heterocycles. The van der Waals surface area contributed by atoms with Crippen LogP contribution in [-0.4, -0.2) is 35.6 Å². The molecule has 1 rings (SSSR count). The smallest absolute Gasteiger partial charge is 0.149 e. The van der Waals surface area contributed by atoms with Gasteiger partial charge in [0.25, 0.3) is 0 Å². The van der Waals surface area contributed by atoms with Gasteiger partial charge in [-0.05, 0) is 7.05 Å². The minimum absolute atomic E-state index is 0. The molecular weight excluding hydrogens is 262 g/mol. The first kappa shape index (κ1) is 10.6. The van der Waals surface area contributed by atoms with Crippen LogP contribution in [0.2, 0.25) is 0 Å². The van der Waals surface area contributed by atoms with Gasteiger partial charge in [-0.15, -0.1) is 17.0 Å². The molecule has 0 aliphatic carbocycles. The number of ketones is 1. The van der Waals surface area contributed by atoms with Crippen LogP contribution in [0.5, 0.6) is 0 Å². The highest BCUT2D eigenvalue weighted by molar-refractivity contribution is 9.10. The lowest BCUT2D eigenvalue weighted by atomic mass is 10.1. The summed E-state index contributed by atoms with van der Waals surface area (Å²) in [6.45, 7) is 1.78. The lowest BCUT2D eigenvalue weighted by Gasteiger charge is -2.24. The molecular formula is C6H11Br2NO. The number of Topliss-reactive ketones (excluding diaryl/α,β-unsaturated/α-hetero) is 1. The molecule has 10 heavy (non-hydrogen) atoms. The first-order valence-corrected chi connectivity index (χ1v) is 3.97. The summed E-state index contributed by atoms with van der Waals surface area (Å²) in [6.07, 6.45) is 0.701. The van der Waals surface area contributed by atoms with Gasteiger partial charge in [0.05, 0.1) is 4.83 Å². The highest BCUT2D eigenvalue weighted by Gasteiger charge is 2.21. The number of hydrogen-bond donors (Lipinski definition) is 0. The number of carbonyl (C=O) groups excluding carboxylic acids is 1. The van der Waals surface area contributed by atoms with Crippen LogP contribution in [0.15, 0.2) is 0 Å². The Morgan fingerprint density at radius 1 is 1.70 bits per heavy atom. The fourth-order valence-electron chi connectivity index (χ4n) is 0.924. The second-order valence-corrected chi connectivity index (χ2v) is 3.55. The Balaban J connectivity index is 0.000000810. The summed E-state index contributed by atoms with van der Waals surface area (Å²) in [5, 5.41) is 0.